The van der Waals surface area contributed by atoms with E-state index in [9.17, 15) is 44.1 Å². The van der Waals surface area contributed by atoms with Gasteiger partial charge in [-0.05, 0) is 151 Å². The number of rotatable bonds is 26. The molecule has 5 atom stereocenters. The molecule has 19 nitrogen and oxygen atoms in total. The molecule has 0 aromatic carbocycles. The number of nitrogens with one attached hydrogen (secondary N) is 5. The van der Waals surface area contributed by atoms with E-state index in [1.165, 1.54) is 0 Å². The maximum absolute atomic E-state index is 14.9. The van der Waals surface area contributed by atoms with Gasteiger partial charge in [-0.15, -0.1) is 0 Å². The molecule has 14 N–H and O–H groups in total. The Bertz CT molecular complexity index is 2700. The van der Waals surface area contributed by atoms with Gasteiger partial charge in [-0.3, -0.25) is 19.4 Å². The monoisotopic (exact) mass is 981 g/mol. The van der Waals surface area contributed by atoms with Gasteiger partial charge in [0.1, 0.15) is 18.1 Å². The number of aryl methyl sites for hydroxylation is 3. The number of H-pyrrole nitrogens is 2. The lowest BCUT2D eigenvalue weighted by Gasteiger charge is -2.21. The Morgan fingerprint density at radius 2 is 1.24 bits per heavy atom. The number of allylic oxidation sites excluding steroid dienone is 1. The maximum atomic E-state index is 14.9. The van der Waals surface area contributed by atoms with Crippen LogP contribution in [-0.4, -0.2) is 109 Å². The third-order valence-corrected chi connectivity index (χ3v) is 13.7. The van der Waals surface area contributed by atoms with Crippen molar-refractivity contribution in [3.05, 3.63) is 75.4 Å². The second-order valence-corrected chi connectivity index (χ2v) is 18.5. The molecular weight excluding hydrogens is 909 g/mol. The predicted molar refractivity (Wildman–Crippen MR) is 274 cm³/mol. The van der Waals surface area contributed by atoms with Gasteiger partial charge in [0.05, 0.1) is 29.1 Å². The average molecular weight is 981 g/mol. The molecule has 3 amide bonds. The summed E-state index contributed by atoms with van der Waals surface area (Å²) in [5.41, 5.74) is 25.5. The average Bonchev–Trinajstić information content (AvgIpc) is 4.01. The molecule has 2 aliphatic heterocycles. The summed E-state index contributed by atoms with van der Waals surface area (Å²) in [4.78, 5) is 97.9. The van der Waals surface area contributed by atoms with Crippen LogP contribution in [0.4, 0.5) is 0 Å². The van der Waals surface area contributed by atoms with Gasteiger partial charge in [0.15, 0.2) is 0 Å². The quantitative estimate of drug-likeness (QED) is 0.0451. The number of carbonyl (C=O) groups excluding carboxylic acids is 3. The normalized spacial score (nSPS) is 15.7. The van der Waals surface area contributed by atoms with E-state index >= 15 is 0 Å². The molecule has 3 aromatic rings. The largest absolute Gasteiger partial charge is 0.480 e. The van der Waals surface area contributed by atoms with Crippen LogP contribution in [0.5, 0.6) is 0 Å². The first-order chi connectivity index (χ1) is 33.9. The summed E-state index contributed by atoms with van der Waals surface area (Å²) in [7, 11) is 0. The summed E-state index contributed by atoms with van der Waals surface area (Å²) in [5.74, 6) is -6.78. The molecule has 5 unspecified atom stereocenters. The summed E-state index contributed by atoms with van der Waals surface area (Å²) < 4.78 is 0. The topological polar surface area (TPSA) is 335 Å². The SMILES string of the molecule is C=Cc1c(C)c2cc3nc(c(CC(=O)NC(CCCCN)C(=O)O)c4nc(cc5[nH]c(cc1[nH]2)c(C)c5CC)C(C)=C4C(=O)NC(CCCCN)C(=O)O)C(CCC(=O)NC(CCCCN)C(=O)O)C3C. The van der Waals surface area contributed by atoms with Crippen molar-refractivity contribution in [1.82, 2.24) is 35.9 Å². The lowest BCUT2D eigenvalue weighted by atomic mass is 9.84. The molecule has 71 heavy (non-hydrogen) atoms. The Morgan fingerprint density at radius 3 is 1.77 bits per heavy atom. The van der Waals surface area contributed by atoms with Gasteiger partial charge in [-0.2, -0.15) is 0 Å². The Hall–Kier alpha value is -6.70. The van der Waals surface area contributed by atoms with Crippen LogP contribution in [0.1, 0.15) is 154 Å². The van der Waals surface area contributed by atoms with Crippen LogP contribution in [0, 0.1) is 13.8 Å². The van der Waals surface area contributed by atoms with Gasteiger partial charge in [-0.1, -0.05) is 26.5 Å². The smallest absolute Gasteiger partial charge is 0.326 e. The summed E-state index contributed by atoms with van der Waals surface area (Å²) in [6.45, 7) is 14.8. The van der Waals surface area contributed by atoms with Crippen molar-refractivity contribution in [3.8, 4) is 0 Å². The lowest BCUT2D eigenvalue weighted by molar-refractivity contribution is -0.142. The van der Waals surface area contributed by atoms with Gasteiger partial charge in [0.2, 0.25) is 11.8 Å². The molecule has 5 rings (SSSR count). The van der Waals surface area contributed by atoms with Crippen molar-refractivity contribution in [2.45, 2.75) is 148 Å². The molecule has 0 fully saturated rings. The maximum Gasteiger partial charge on any atom is 0.326 e. The zero-order valence-electron chi connectivity index (χ0n) is 41.6. The van der Waals surface area contributed by atoms with Crippen molar-refractivity contribution in [2.24, 2.45) is 17.2 Å². The first-order valence-electron chi connectivity index (χ1n) is 24.7. The zero-order chi connectivity index (χ0) is 52.1. The van der Waals surface area contributed by atoms with Crippen molar-refractivity contribution in [3.63, 3.8) is 0 Å². The van der Waals surface area contributed by atoms with Crippen LogP contribution in [0.2, 0.25) is 0 Å². The number of aliphatic carboxylic acids is 3. The molecule has 5 heterocycles. The third-order valence-electron chi connectivity index (χ3n) is 13.7. The molecule has 0 saturated carbocycles. The highest BCUT2D eigenvalue weighted by molar-refractivity contribution is 6.28. The number of unbranched alkanes of at least 4 members (excludes halogenated alkanes) is 3. The van der Waals surface area contributed by atoms with E-state index in [4.69, 9.17) is 27.2 Å². The van der Waals surface area contributed by atoms with Gasteiger partial charge < -0.3 is 58.4 Å². The number of nitrogens with two attached hydrogens (primary N) is 3. The van der Waals surface area contributed by atoms with Crippen LogP contribution in [0.3, 0.4) is 0 Å². The van der Waals surface area contributed by atoms with E-state index in [0.29, 0.717) is 92.8 Å². The summed E-state index contributed by atoms with van der Waals surface area (Å²) in [5, 5.41) is 38.5. The molecule has 8 bridgehead atoms. The second kappa shape index (κ2) is 25.4. The minimum Gasteiger partial charge on any atom is -0.480 e. The Morgan fingerprint density at radius 1 is 0.704 bits per heavy atom. The zero-order valence-corrected chi connectivity index (χ0v) is 41.6. The minimum atomic E-state index is -1.30. The number of hydrogen-bond donors (Lipinski definition) is 11. The fourth-order valence-electron chi connectivity index (χ4n) is 9.55. The van der Waals surface area contributed by atoms with E-state index < -0.39 is 72.0 Å². The molecule has 0 saturated heterocycles. The van der Waals surface area contributed by atoms with E-state index in [0.717, 1.165) is 38.8 Å². The van der Waals surface area contributed by atoms with Crippen molar-refractivity contribution < 1.29 is 44.1 Å². The van der Waals surface area contributed by atoms with Crippen LogP contribution in [0.15, 0.2) is 24.8 Å². The van der Waals surface area contributed by atoms with Crippen LogP contribution >= 0.6 is 0 Å². The fourth-order valence-corrected chi connectivity index (χ4v) is 9.55. The second-order valence-electron chi connectivity index (χ2n) is 18.5. The van der Waals surface area contributed by atoms with Gasteiger partial charge in [-0.25, -0.2) is 19.4 Å². The number of fused-ring (bicyclic) bond motifs is 8. The fraction of sp³-hybridized carbons (Fsp3) is 0.500. The van der Waals surface area contributed by atoms with E-state index in [1.54, 1.807) is 13.0 Å². The number of hydrogen-bond acceptors (Lipinski definition) is 11. The molecule has 19 heteroatoms. The Labute approximate surface area is 414 Å². The summed E-state index contributed by atoms with van der Waals surface area (Å²) in [6.07, 6.45) is 5.19. The standard InChI is InChI=1S/C52H72N10O9/c1-7-31-27(3)38-24-40-29(5)33(18-19-44(63)58-35(50(66)67)15-9-12-20-53)47(60-40)34(23-45(64)59-36(51(68)69)16-10-13-21-54)48-46(49(65)62-37(52(70)71)17-11-14-22-55)30(6)41(61-48)26-43-32(8-2)28(4)39(57-43)25-42(31)56-38/h7,24-26,29,33,35-37,56-57H,1,8-23,53-55H2,2-6H3,(H,58,63)(H,59,64)(H,62,65)(H,66,67)(H,68,69)(H,70,71). The number of carbonyl (C=O) groups is 6. The molecular formula is C52H72N10O9. The Kier molecular flexibility index (Phi) is 19.8. The summed E-state index contributed by atoms with van der Waals surface area (Å²) in [6, 6.07) is 1.98. The van der Waals surface area contributed by atoms with Crippen LogP contribution < -0.4 is 33.2 Å². The highest BCUT2D eigenvalue weighted by atomic mass is 16.4. The minimum absolute atomic E-state index is 0.00889. The first-order valence-corrected chi connectivity index (χ1v) is 24.7. The lowest BCUT2D eigenvalue weighted by Crippen LogP contribution is -2.42. The molecule has 3 aromatic heterocycles. The number of amides is 3. The van der Waals surface area contributed by atoms with Gasteiger partial charge in [0.25, 0.3) is 5.91 Å². The highest BCUT2D eigenvalue weighted by Crippen LogP contribution is 2.44. The van der Waals surface area contributed by atoms with Crippen LogP contribution in [-0.2, 0) is 41.6 Å². The third kappa shape index (κ3) is 13.4. The molecule has 384 valence electrons. The number of carboxylic acid groups (broad SMARTS) is 3. The van der Waals surface area contributed by atoms with Gasteiger partial charge in [0, 0.05) is 57.1 Å². The van der Waals surface area contributed by atoms with E-state index in [2.05, 4.69) is 32.5 Å². The number of nitrogens with zero attached hydrogens (tertiary/aromatic N) is 2. The summed E-state index contributed by atoms with van der Waals surface area (Å²) >= 11 is 0. The highest BCUT2D eigenvalue weighted by Gasteiger charge is 2.37. The van der Waals surface area contributed by atoms with E-state index in [-0.39, 0.29) is 48.9 Å². The van der Waals surface area contributed by atoms with Gasteiger partial charge >= 0.3 is 17.9 Å². The molecule has 0 radical (unpaired) electrons. The van der Waals surface area contributed by atoms with Crippen molar-refractivity contribution in [1.29, 1.82) is 0 Å². The van der Waals surface area contributed by atoms with Crippen LogP contribution in [0.25, 0.3) is 39.3 Å². The predicted octanol–water partition coefficient (Wildman–Crippen LogP) is 5.37. The number of carboxylic acids is 3. The van der Waals surface area contributed by atoms with Crippen molar-refractivity contribution in [2.75, 3.05) is 19.6 Å². The first kappa shape index (κ1) is 55.2. The number of aromatic nitrogens is 4. The number of aromatic amines is 2. The van der Waals surface area contributed by atoms with E-state index in [1.807, 2.05) is 45.9 Å². The molecule has 0 spiro atoms. The molecule has 0 aliphatic carbocycles. The molecule has 2 aliphatic rings. The Balaban J connectivity index is 1.87. The van der Waals surface area contributed by atoms with Crippen molar-refractivity contribution >= 4 is 74.9 Å².